The Morgan fingerprint density at radius 3 is 2.24 bits per heavy atom. The van der Waals surface area contributed by atoms with Gasteiger partial charge in [0.1, 0.15) is 4.88 Å². The molecule has 0 saturated carbocycles. The van der Waals surface area contributed by atoms with Crippen molar-refractivity contribution < 1.29 is 18.7 Å². The fourth-order valence-electron chi connectivity index (χ4n) is 2.33. The van der Waals surface area contributed by atoms with Gasteiger partial charge in [-0.15, -0.1) is 11.3 Å². The smallest absolute Gasteiger partial charge is 0.346 e. The number of benzene rings is 2. The second-order valence-electron chi connectivity index (χ2n) is 5.08. The highest BCUT2D eigenvalue weighted by molar-refractivity contribution is 7.80. The first-order valence-electron chi connectivity index (χ1n) is 7.03. The lowest BCUT2D eigenvalue weighted by atomic mass is 10.0. The summed E-state index contributed by atoms with van der Waals surface area (Å²) in [5.41, 5.74) is 2.55. The maximum atomic E-state index is 11.6. The highest BCUT2D eigenvalue weighted by Gasteiger charge is 2.17. The summed E-state index contributed by atoms with van der Waals surface area (Å²) in [7, 11) is 0. The molecule has 1 aromatic heterocycles. The molecule has 1 unspecified atom stereocenters. The van der Waals surface area contributed by atoms with Crippen molar-refractivity contribution >= 4 is 45.9 Å². The molecular weight excluding hydrogens is 382 g/mol. The molecule has 0 radical (unpaired) electrons. The third kappa shape index (κ3) is 4.08. The lowest BCUT2D eigenvalue weighted by molar-refractivity contribution is 0.0703. The summed E-state index contributed by atoms with van der Waals surface area (Å²) in [5.74, 6) is -1.01. The molecule has 0 aliphatic heterocycles. The molecule has 2 N–H and O–H groups in total. The maximum Gasteiger partial charge on any atom is 0.346 e. The largest absolute Gasteiger partial charge is 0.755 e. The minimum atomic E-state index is -2.40. The van der Waals surface area contributed by atoms with Gasteiger partial charge in [-0.1, -0.05) is 35.9 Å². The van der Waals surface area contributed by atoms with Crippen LogP contribution in [0.5, 0.6) is 0 Å². The highest BCUT2D eigenvalue weighted by atomic mass is 35.5. The zero-order valence-electron chi connectivity index (χ0n) is 12.6. The molecule has 0 saturated heterocycles. The van der Waals surface area contributed by atoms with Crippen molar-refractivity contribution in [1.82, 2.24) is 0 Å². The topological polar surface area (TPSA) is 89.5 Å². The Morgan fingerprint density at radius 1 is 1.08 bits per heavy atom. The van der Waals surface area contributed by atoms with Crippen molar-refractivity contribution in [2.75, 3.05) is 4.72 Å². The Morgan fingerprint density at radius 2 is 1.68 bits per heavy atom. The molecule has 0 aliphatic carbocycles. The number of aromatic carboxylic acids is 1. The molecule has 1 heterocycles. The fraction of sp³-hybridized carbons (Fsp3) is 0. The number of carboxylic acid groups (broad SMARTS) is 1. The molecule has 0 fully saturated rings. The van der Waals surface area contributed by atoms with Crippen LogP contribution in [0.1, 0.15) is 9.67 Å². The third-order valence-electron chi connectivity index (χ3n) is 3.45. The Labute approximate surface area is 155 Å². The van der Waals surface area contributed by atoms with Crippen LogP contribution >= 0.6 is 22.9 Å². The summed E-state index contributed by atoms with van der Waals surface area (Å²) in [6, 6.07) is 15.5. The van der Waals surface area contributed by atoms with Gasteiger partial charge >= 0.3 is 5.97 Å². The summed E-state index contributed by atoms with van der Waals surface area (Å²) < 4.78 is 23.6. The monoisotopic (exact) mass is 392 g/mol. The van der Waals surface area contributed by atoms with Crippen molar-refractivity contribution in [3.8, 4) is 21.6 Å². The van der Waals surface area contributed by atoms with Crippen LogP contribution in [0.15, 0.2) is 54.6 Å². The Hall–Kier alpha value is -2.19. The second kappa shape index (κ2) is 7.37. The van der Waals surface area contributed by atoms with Crippen LogP contribution in [0.4, 0.5) is 5.69 Å². The Bertz CT molecular complexity index is 936. The van der Waals surface area contributed by atoms with E-state index in [1.54, 1.807) is 36.4 Å². The van der Waals surface area contributed by atoms with Crippen molar-refractivity contribution in [2.24, 2.45) is 0 Å². The minimum Gasteiger partial charge on any atom is -0.755 e. The van der Waals surface area contributed by atoms with Gasteiger partial charge in [0.05, 0.1) is 0 Å². The predicted molar refractivity (Wildman–Crippen MR) is 99.7 cm³/mol. The predicted octanol–water partition coefficient (Wildman–Crippen LogP) is 4.64. The van der Waals surface area contributed by atoms with Crippen LogP contribution < -0.4 is 4.72 Å². The van der Waals surface area contributed by atoms with Gasteiger partial charge in [-0.3, -0.25) is 4.21 Å². The highest BCUT2D eigenvalue weighted by Crippen LogP contribution is 2.38. The number of rotatable bonds is 5. The SMILES string of the molecule is O=C(O)c1sc(-c2ccc(Cl)cc2)cc1-c1ccc(NS(=O)[O-])cc1. The van der Waals surface area contributed by atoms with Gasteiger partial charge in [-0.2, -0.15) is 0 Å². The van der Waals surface area contributed by atoms with Gasteiger partial charge in [0.15, 0.2) is 0 Å². The number of hydrogen-bond acceptors (Lipinski definition) is 4. The van der Waals surface area contributed by atoms with Crippen molar-refractivity contribution in [3.63, 3.8) is 0 Å². The average molecular weight is 393 g/mol. The molecule has 5 nitrogen and oxygen atoms in total. The second-order valence-corrected chi connectivity index (χ2v) is 7.24. The first-order chi connectivity index (χ1) is 11.9. The normalized spacial score (nSPS) is 11.9. The van der Waals surface area contributed by atoms with Gasteiger partial charge in [-0.25, -0.2) is 4.79 Å². The molecule has 1 atom stereocenters. The van der Waals surface area contributed by atoms with E-state index in [9.17, 15) is 18.7 Å². The number of hydrogen-bond donors (Lipinski definition) is 2. The van der Waals surface area contributed by atoms with Crippen LogP contribution in [0, 0.1) is 0 Å². The summed E-state index contributed by atoms with van der Waals surface area (Å²) in [6.07, 6.45) is 0. The van der Waals surface area contributed by atoms with E-state index < -0.39 is 17.2 Å². The molecule has 0 amide bonds. The van der Waals surface area contributed by atoms with E-state index >= 15 is 0 Å². The van der Waals surface area contributed by atoms with E-state index in [1.807, 2.05) is 18.2 Å². The lowest BCUT2D eigenvalue weighted by Crippen LogP contribution is -2.01. The van der Waals surface area contributed by atoms with Gasteiger partial charge in [0.2, 0.25) is 0 Å². The molecule has 0 bridgehead atoms. The molecule has 25 heavy (non-hydrogen) atoms. The van der Waals surface area contributed by atoms with E-state index in [-0.39, 0.29) is 4.88 Å². The lowest BCUT2D eigenvalue weighted by Gasteiger charge is -2.09. The molecular formula is C17H11ClNO4S2-. The molecule has 3 aromatic rings. The van der Waals surface area contributed by atoms with Crippen LogP contribution in [-0.2, 0) is 11.3 Å². The zero-order valence-corrected chi connectivity index (χ0v) is 15.0. The van der Waals surface area contributed by atoms with E-state index in [0.717, 1.165) is 10.4 Å². The van der Waals surface area contributed by atoms with Crippen LogP contribution in [-0.4, -0.2) is 19.8 Å². The first-order valence-corrected chi connectivity index (χ1v) is 9.30. The van der Waals surface area contributed by atoms with E-state index in [1.165, 1.54) is 11.3 Å². The van der Waals surface area contributed by atoms with Crippen molar-refractivity contribution in [2.45, 2.75) is 0 Å². The number of carboxylic acids is 1. The summed E-state index contributed by atoms with van der Waals surface area (Å²) in [4.78, 5) is 12.6. The standard InChI is InChI=1S/C17H12ClNO4S2/c18-12-5-1-11(2-6-12)15-9-14(16(24-15)17(20)21)10-3-7-13(8-4-10)19-25(22)23/h1-9,19H,(H,20,21)(H,22,23)/p-1. The first kappa shape index (κ1) is 17.6. The van der Waals surface area contributed by atoms with Gasteiger partial charge in [0.25, 0.3) is 0 Å². The van der Waals surface area contributed by atoms with Crippen LogP contribution in [0.25, 0.3) is 21.6 Å². The number of anilines is 1. The van der Waals surface area contributed by atoms with Gasteiger partial charge in [-0.05, 0) is 41.5 Å². The maximum absolute atomic E-state index is 11.6. The molecule has 8 heteroatoms. The molecule has 0 aliphatic rings. The fourth-order valence-corrected chi connectivity index (χ4v) is 3.81. The number of nitrogens with one attached hydrogen (secondary N) is 1. The Balaban J connectivity index is 2.01. The number of thiophene rings is 1. The quantitative estimate of drug-likeness (QED) is 0.619. The Kier molecular flexibility index (Phi) is 5.19. The summed E-state index contributed by atoms with van der Waals surface area (Å²) in [6.45, 7) is 0. The minimum absolute atomic E-state index is 0.220. The molecule has 128 valence electrons. The van der Waals surface area contributed by atoms with Gasteiger partial charge in [0, 0.05) is 32.4 Å². The van der Waals surface area contributed by atoms with E-state index in [2.05, 4.69) is 4.72 Å². The van der Waals surface area contributed by atoms with Crippen LogP contribution in [0.2, 0.25) is 5.02 Å². The molecule has 0 spiro atoms. The zero-order chi connectivity index (χ0) is 18.0. The molecule has 3 rings (SSSR count). The number of carbonyl (C=O) groups is 1. The summed E-state index contributed by atoms with van der Waals surface area (Å²) in [5, 5.41) is 10.1. The third-order valence-corrected chi connectivity index (χ3v) is 5.28. The van der Waals surface area contributed by atoms with E-state index in [4.69, 9.17) is 11.6 Å². The van der Waals surface area contributed by atoms with Crippen LogP contribution in [0.3, 0.4) is 0 Å². The molecule has 2 aromatic carbocycles. The van der Waals surface area contributed by atoms with Crippen molar-refractivity contribution in [1.29, 1.82) is 0 Å². The average Bonchev–Trinajstić information content (AvgIpc) is 3.01. The van der Waals surface area contributed by atoms with Crippen molar-refractivity contribution in [3.05, 3.63) is 64.5 Å². The number of halogens is 1. The van der Waals surface area contributed by atoms with E-state index in [0.29, 0.717) is 21.8 Å². The van der Waals surface area contributed by atoms with Gasteiger partial charge < -0.3 is 14.4 Å². The summed E-state index contributed by atoms with van der Waals surface area (Å²) >= 11 is 4.67.